The highest BCUT2D eigenvalue weighted by Crippen LogP contribution is 2.25. The van der Waals surface area contributed by atoms with Crippen LogP contribution in [0.3, 0.4) is 0 Å². The predicted octanol–water partition coefficient (Wildman–Crippen LogP) is 2.96. The second-order valence-corrected chi connectivity index (χ2v) is 5.06. The Morgan fingerprint density at radius 3 is 2.27 bits per heavy atom. The maximum atomic E-state index is 11.1. The number of nitrogens with zero attached hydrogens (tertiary/aromatic N) is 2. The summed E-state index contributed by atoms with van der Waals surface area (Å²) in [6, 6.07) is 20.1. The average Bonchev–Trinajstić information content (AvgIpc) is 2.98. The molecule has 4 heteroatoms. The van der Waals surface area contributed by atoms with Crippen LogP contribution in [-0.2, 0) is 11.2 Å². The molecule has 0 unspecified atom stereocenters. The number of rotatable bonds is 5. The first-order valence-corrected chi connectivity index (χ1v) is 7.21. The second-order valence-electron chi connectivity index (χ2n) is 5.06. The van der Waals surface area contributed by atoms with Crippen molar-refractivity contribution in [2.24, 2.45) is 5.73 Å². The molecule has 2 N–H and O–H groups in total. The van der Waals surface area contributed by atoms with Crippen molar-refractivity contribution >= 4 is 5.91 Å². The third-order valence-electron chi connectivity index (χ3n) is 3.51. The van der Waals surface area contributed by atoms with E-state index in [2.05, 4.69) is 9.55 Å². The van der Waals surface area contributed by atoms with Gasteiger partial charge >= 0.3 is 0 Å². The number of carbonyl (C=O) groups excluding carboxylic acids is 1. The molecule has 0 saturated heterocycles. The van der Waals surface area contributed by atoms with Gasteiger partial charge in [0.1, 0.15) is 5.82 Å². The Bertz CT molecular complexity index is 764. The van der Waals surface area contributed by atoms with Crippen molar-refractivity contribution in [2.45, 2.75) is 12.8 Å². The Labute approximate surface area is 129 Å². The molecule has 0 bridgehead atoms. The third-order valence-corrected chi connectivity index (χ3v) is 3.51. The predicted molar refractivity (Wildman–Crippen MR) is 86.5 cm³/mol. The number of amides is 1. The van der Waals surface area contributed by atoms with E-state index >= 15 is 0 Å². The van der Waals surface area contributed by atoms with Crippen LogP contribution in [0.2, 0.25) is 0 Å². The fourth-order valence-corrected chi connectivity index (χ4v) is 2.48. The number of aromatic nitrogens is 2. The molecule has 0 aliphatic carbocycles. The molecule has 1 amide bonds. The van der Waals surface area contributed by atoms with Gasteiger partial charge in [-0.05, 0) is 12.1 Å². The molecular formula is C18H17N3O. The number of aryl methyl sites for hydroxylation is 1. The molecule has 0 radical (unpaired) electrons. The molecule has 22 heavy (non-hydrogen) atoms. The van der Waals surface area contributed by atoms with Crippen LogP contribution in [0.5, 0.6) is 0 Å². The lowest BCUT2D eigenvalue weighted by atomic mass is 10.1. The van der Waals surface area contributed by atoms with E-state index in [0.717, 1.165) is 22.8 Å². The van der Waals surface area contributed by atoms with Gasteiger partial charge in [0.15, 0.2) is 0 Å². The lowest BCUT2D eigenvalue weighted by molar-refractivity contribution is -0.118. The lowest BCUT2D eigenvalue weighted by Gasteiger charge is -2.12. The zero-order valence-corrected chi connectivity index (χ0v) is 12.1. The maximum Gasteiger partial charge on any atom is 0.217 e. The molecule has 4 nitrogen and oxygen atoms in total. The zero-order valence-electron chi connectivity index (χ0n) is 12.1. The number of imidazole rings is 1. The number of hydrogen-bond acceptors (Lipinski definition) is 2. The van der Waals surface area contributed by atoms with Gasteiger partial charge in [0.05, 0.1) is 11.9 Å². The first kappa shape index (κ1) is 14.1. The van der Waals surface area contributed by atoms with Gasteiger partial charge in [-0.1, -0.05) is 48.5 Å². The second kappa shape index (κ2) is 6.26. The molecule has 1 heterocycles. The first-order valence-electron chi connectivity index (χ1n) is 7.21. The molecule has 3 aromatic rings. The van der Waals surface area contributed by atoms with Crippen LogP contribution in [-0.4, -0.2) is 15.5 Å². The summed E-state index contributed by atoms with van der Waals surface area (Å²) in [6.45, 7) is 0. The van der Waals surface area contributed by atoms with Gasteiger partial charge < -0.3 is 5.73 Å². The van der Waals surface area contributed by atoms with E-state index in [9.17, 15) is 4.79 Å². The van der Waals surface area contributed by atoms with Gasteiger partial charge in [-0.3, -0.25) is 9.36 Å². The Balaban J connectivity index is 2.09. The van der Waals surface area contributed by atoms with E-state index in [-0.39, 0.29) is 12.3 Å². The van der Waals surface area contributed by atoms with Crippen LogP contribution in [0.1, 0.15) is 12.2 Å². The molecule has 0 aliphatic heterocycles. The third kappa shape index (κ3) is 2.91. The summed E-state index contributed by atoms with van der Waals surface area (Å²) in [4.78, 5) is 15.6. The van der Waals surface area contributed by atoms with E-state index < -0.39 is 0 Å². The van der Waals surface area contributed by atoms with Crippen molar-refractivity contribution in [2.75, 3.05) is 0 Å². The van der Waals surface area contributed by atoms with Crippen molar-refractivity contribution in [1.82, 2.24) is 9.55 Å². The minimum Gasteiger partial charge on any atom is -0.370 e. The highest BCUT2D eigenvalue weighted by molar-refractivity contribution is 5.74. The number of para-hydroxylation sites is 1. The zero-order chi connectivity index (χ0) is 15.4. The van der Waals surface area contributed by atoms with E-state index in [4.69, 9.17) is 5.73 Å². The van der Waals surface area contributed by atoms with Gasteiger partial charge in [-0.2, -0.15) is 0 Å². The highest BCUT2D eigenvalue weighted by Gasteiger charge is 2.13. The molecule has 3 rings (SSSR count). The molecule has 0 atom stereocenters. The van der Waals surface area contributed by atoms with Crippen LogP contribution in [0.4, 0.5) is 0 Å². The van der Waals surface area contributed by atoms with Crippen molar-refractivity contribution in [3.05, 3.63) is 72.7 Å². The number of nitrogens with two attached hydrogens (primary N) is 1. The maximum absolute atomic E-state index is 11.1. The molecule has 0 spiro atoms. The Morgan fingerprint density at radius 1 is 1.00 bits per heavy atom. The molecule has 0 aliphatic rings. The van der Waals surface area contributed by atoms with Crippen molar-refractivity contribution < 1.29 is 4.79 Å². The topological polar surface area (TPSA) is 60.9 Å². The minimum atomic E-state index is -0.316. The summed E-state index contributed by atoms with van der Waals surface area (Å²) in [5.74, 6) is 0.521. The normalized spacial score (nSPS) is 10.5. The molecule has 1 aromatic heterocycles. The summed E-state index contributed by atoms with van der Waals surface area (Å²) in [6.07, 6.45) is 2.66. The number of benzene rings is 2. The van der Waals surface area contributed by atoms with Gasteiger partial charge in [-0.25, -0.2) is 4.98 Å². The lowest BCUT2D eigenvalue weighted by Crippen LogP contribution is -2.13. The smallest absolute Gasteiger partial charge is 0.217 e. The van der Waals surface area contributed by atoms with Gasteiger partial charge in [-0.15, -0.1) is 0 Å². The Kier molecular flexibility index (Phi) is 4.01. The minimum absolute atomic E-state index is 0.290. The standard InChI is InChI=1S/C18H17N3O/c19-17(22)11-12-18-20-13-16(14-7-3-1-4-8-14)21(18)15-9-5-2-6-10-15/h1-10,13H,11-12H2,(H2,19,22). The first-order chi connectivity index (χ1) is 10.8. The van der Waals surface area contributed by atoms with E-state index in [1.54, 1.807) is 0 Å². The summed E-state index contributed by atoms with van der Waals surface area (Å²) in [5.41, 5.74) is 8.39. The summed E-state index contributed by atoms with van der Waals surface area (Å²) in [7, 11) is 0. The Morgan fingerprint density at radius 2 is 1.64 bits per heavy atom. The van der Waals surface area contributed by atoms with Crippen LogP contribution < -0.4 is 5.73 Å². The summed E-state index contributed by atoms with van der Waals surface area (Å²) >= 11 is 0. The van der Waals surface area contributed by atoms with Crippen molar-refractivity contribution in [3.63, 3.8) is 0 Å². The van der Waals surface area contributed by atoms with Gasteiger partial charge in [0.2, 0.25) is 5.91 Å². The van der Waals surface area contributed by atoms with E-state index in [1.165, 1.54) is 0 Å². The Hall–Kier alpha value is -2.88. The summed E-state index contributed by atoms with van der Waals surface area (Å²) < 4.78 is 2.08. The molecule has 0 saturated carbocycles. The van der Waals surface area contributed by atoms with Crippen LogP contribution in [0.15, 0.2) is 66.9 Å². The quantitative estimate of drug-likeness (QED) is 0.785. The number of carbonyl (C=O) groups is 1. The number of hydrogen-bond donors (Lipinski definition) is 1. The van der Waals surface area contributed by atoms with E-state index in [0.29, 0.717) is 6.42 Å². The van der Waals surface area contributed by atoms with Crippen LogP contribution >= 0.6 is 0 Å². The van der Waals surface area contributed by atoms with E-state index in [1.807, 2.05) is 66.9 Å². The number of primary amides is 1. The van der Waals surface area contributed by atoms with Crippen LogP contribution in [0.25, 0.3) is 16.9 Å². The molecule has 2 aromatic carbocycles. The van der Waals surface area contributed by atoms with Crippen molar-refractivity contribution in [1.29, 1.82) is 0 Å². The van der Waals surface area contributed by atoms with Gasteiger partial charge in [0, 0.05) is 24.1 Å². The fourth-order valence-electron chi connectivity index (χ4n) is 2.48. The average molecular weight is 291 g/mol. The monoisotopic (exact) mass is 291 g/mol. The van der Waals surface area contributed by atoms with Gasteiger partial charge in [0.25, 0.3) is 0 Å². The largest absolute Gasteiger partial charge is 0.370 e. The molecule has 110 valence electrons. The SMILES string of the molecule is NC(=O)CCc1ncc(-c2ccccc2)n1-c1ccccc1. The van der Waals surface area contributed by atoms with Crippen molar-refractivity contribution in [3.8, 4) is 16.9 Å². The molecule has 0 fully saturated rings. The van der Waals surface area contributed by atoms with Crippen LogP contribution in [0, 0.1) is 0 Å². The fraction of sp³-hybridized carbons (Fsp3) is 0.111. The molecular weight excluding hydrogens is 274 g/mol. The highest BCUT2D eigenvalue weighted by atomic mass is 16.1. The summed E-state index contributed by atoms with van der Waals surface area (Å²) in [5, 5.41) is 0.